The second-order valence-electron chi connectivity index (χ2n) is 6.72. The molecule has 1 aromatic rings. The van der Waals surface area contributed by atoms with E-state index in [1.54, 1.807) is 0 Å². The summed E-state index contributed by atoms with van der Waals surface area (Å²) in [5.41, 5.74) is 0.885. The van der Waals surface area contributed by atoms with Gasteiger partial charge in [0.05, 0.1) is 5.69 Å². The molecule has 6 heteroatoms. The van der Waals surface area contributed by atoms with Crippen molar-refractivity contribution in [2.75, 3.05) is 5.32 Å². The summed E-state index contributed by atoms with van der Waals surface area (Å²) in [5, 5.41) is 5.95. The quantitative estimate of drug-likeness (QED) is 0.841. The Morgan fingerprint density at radius 3 is 2.55 bits per heavy atom. The Morgan fingerprint density at radius 2 is 2.00 bits per heavy atom. The highest BCUT2D eigenvalue weighted by atomic mass is 32.1. The molecule has 120 valence electrons. The Labute approximate surface area is 134 Å². The van der Waals surface area contributed by atoms with Crippen molar-refractivity contribution in [3.05, 3.63) is 10.6 Å². The third-order valence-electron chi connectivity index (χ3n) is 5.25. The molecule has 2 N–H and O–H groups in total. The van der Waals surface area contributed by atoms with Crippen LogP contribution in [-0.4, -0.2) is 22.8 Å². The van der Waals surface area contributed by atoms with Crippen LogP contribution >= 0.6 is 11.3 Å². The van der Waals surface area contributed by atoms with E-state index in [-0.39, 0.29) is 6.04 Å². The Kier molecular flexibility index (Phi) is 4.21. The minimum absolute atomic E-state index is 0.0633. The minimum atomic E-state index is -0.622. The number of aryl methyl sites for hydroxylation is 2. The molecule has 2 saturated carbocycles. The molecule has 0 aromatic carbocycles. The molecule has 2 fully saturated rings. The summed E-state index contributed by atoms with van der Waals surface area (Å²) < 4.78 is 0. The zero-order valence-electron chi connectivity index (χ0n) is 13.3. The van der Waals surface area contributed by atoms with Gasteiger partial charge in [-0.1, -0.05) is 6.42 Å². The van der Waals surface area contributed by atoms with Crippen molar-refractivity contribution in [3.63, 3.8) is 0 Å². The summed E-state index contributed by atoms with van der Waals surface area (Å²) in [6, 6.07) is 0.0633. The average molecular weight is 321 g/mol. The zero-order valence-corrected chi connectivity index (χ0v) is 14.1. The van der Waals surface area contributed by atoms with Crippen LogP contribution in [0, 0.1) is 31.6 Å². The molecule has 4 atom stereocenters. The lowest BCUT2D eigenvalue weighted by Crippen LogP contribution is -2.45. The monoisotopic (exact) mass is 321 g/mol. The number of rotatable bonds is 3. The number of fused-ring (bicyclic) bond motifs is 2. The van der Waals surface area contributed by atoms with Crippen molar-refractivity contribution in [2.24, 2.45) is 17.8 Å². The normalized spacial score (nSPS) is 27.7. The van der Waals surface area contributed by atoms with Gasteiger partial charge in [-0.25, -0.2) is 4.98 Å². The molecule has 0 spiro atoms. The van der Waals surface area contributed by atoms with Gasteiger partial charge in [0.25, 0.3) is 0 Å². The first-order valence-corrected chi connectivity index (χ1v) is 8.81. The number of anilines is 1. The number of nitrogens with one attached hydrogen (secondary N) is 2. The summed E-state index contributed by atoms with van der Waals surface area (Å²) in [5.74, 6) is 0.918. The first-order valence-electron chi connectivity index (χ1n) is 8.00. The lowest BCUT2D eigenvalue weighted by Gasteiger charge is -2.28. The summed E-state index contributed by atoms with van der Waals surface area (Å²) in [7, 11) is 0. The molecular formula is C16H23N3O2S. The van der Waals surface area contributed by atoms with E-state index in [2.05, 4.69) is 15.6 Å². The second-order valence-corrected chi connectivity index (χ2v) is 7.92. The fraction of sp³-hybridized carbons (Fsp3) is 0.688. The van der Waals surface area contributed by atoms with Crippen LogP contribution in [0.5, 0.6) is 0 Å². The maximum atomic E-state index is 12.1. The number of nitrogens with zero attached hydrogens (tertiary/aromatic N) is 1. The van der Waals surface area contributed by atoms with Crippen LogP contribution < -0.4 is 10.6 Å². The minimum Gasteiger partial charge on any atom is -0.345 e. The van der Waals surface area contributed by atoms with Crippen LogP contribution in [0.3, 0.4) is 0 Å². The van der Waals surface area contributed by atoms with Crippen LogP contribution in [0.15, 0.2) is 0 Å². The third-order valence-corrected chi connectivity index (χ3v) is 6.24. The third kappa shape index (κ3) is 3.02. The predicted octanol–water partition coefficient (Wildman–Crippen LogP) is 2.64. The predicted molar refractivity (Wildman–Crippen MR) is 86.8 cm³/mol. The van der Waals surface area contributed by atoms with Crippen molar-refractivity contribution >= 4 is 28.3 Å². The number of aromatic nitrogens is 1. The number of hydrogen-bond acceptors (Lipinski definition) is 4. The van der Waals surface area contributed by atoms with E-state index < -0.39 is 11.8 Å². The molecule has 2 aliphatic rings. The second kappa shape index (κ2) is 5.99. The Morgan fingerprint density at radius 1 is 1.23 bits per heavy atom. The van der Waals surface area contributed by atoms with E-state index in [9.17, 15) is 9.59 Å². The van der Waals surface area contributed by atoms with Gasteiger partial charge in [-0.15, -0.1) is 11.3 Å². The van der Waals surface area contributed by atoms with Crippen LogP contribution in [-0.2, 0) is 9.59 Å². The standard InChI is InChI=1S/C16H23N3O2S/c1-8-10(3)22-16(18-8)19-15(21)14(20)17-9(2)13-7-11-4-5-12(13)6-11/h9,11-13H,4-7H2,1-3H3,(H,17,20)(H,18,19,21). The topological polar surface area (TPSA) is 71.1 Å². The van der Waals surface area contributed by atoms with Crippen LogP contribution in [0.1, 0.15) is 43.2 Å². The molecule has 0 saturated heterocycles. The molecule has 3 rings (SSSR count). The van der Waals surface area contributed by atoms with E-state index >= 15 is 0 Å². The van der Waals surface area contributed by atoms with E-state index in [1.165, 1.54) is 37.0 Å². The van der Waals surface area contributed by atoms with Gasteiger partial charge in [0.2, 0.25) is 0 Å². The van der Waals surface area contributed by atoms with Gasteiger partial charge < -0.3 is 5.32 Å². The molecule has 5 nitrogen and oxygen atoms in total. The molecule has 1 aromatic heterocycles. The van der Waals surface area contributed by atoms with Gasteiger partial charge in [0.15, 0.2) is 5.13 Å². The average Bonchev–Trinajstić information content (AvgIpc) is 3.15. The Hall–Kier alpha value is -1.43. The van der Waals surface area contributed by atoms with Crippen molar-refractivity contribution < 1.29 is 9.59 Å². The molecule has 0 radical (unpaired) electrons. The highest BCUT2D eigenvalue weighted by Crippen LogP contribution is 2.49. The van der Waals surface area contributed by atoms with Crippen molar-refractivity contribution in [1.82, 2.24) is 10.3 Å². The smallest absolute Gasteiger partial charge is 0.315 e. The number of amides is 2. The van der Waals surface area contributed by atoms with Gasteiger partial charge >= 0.3 is 11.8 Å². The van der Waals surface area contributed by atoms with E-state index in [4.69, 9.17) is 0 Å². The zero-order chi connectivity index (χ0) is 15.9. The SMILES string of the molecule is Cc1nc(NC(=O)C(=O)NC(C)C2CC3CCC2C3)sc1C. The van der Waals surface area contributed by atoms with Crippen molar-refractivity contribution in [2.45, 2.75) is 52.5 Å². The summed E-state index contributed by atoms with van der Waals surface area (Å²) in [6.45, 7) is 5.85. The first-order chi connectivity index (χ1) is 10.4. The van der Waals surface area contributed by atoms with Gasteiger partial charge in [-0.05, 0) is 57.8 Å². The van der Waals surface area contributed by atoms with Gasteiger partial charge in [-0.2, -0.15) is 0 Å². The molecular weight excluding hydrogens is 298 g/mol. The van der Waals surface area contributed by atoms with E-state index in [0.717, 1.165) is 22.4 Å². The number of carbonyl (C=O) groups is 2. The maximum absolute atomic E-state index is 12.1. The summed E-state index contributed by atoms with van der Waals surface area (Å²) in [6.07, 6.45) is 5.11. The summed E-state index contributed by atoms with van der Waals surface area (Å²) >= 11 is 1.39. The number of hydrogen-bond donors (Lipinski definition) is 2. The van der Waals surface area contributed by atoms with Gasteiger partial charge in [-0.3, -0.25) is 14.9 Å². The van der Waals surface area contributed by atoms with E-state index in [1.807, 2.05) is 20.8 Å². The van der Waals surface area contributed by atoms with Crippen molar-refractivity contribution in [3.8, 4) is 0 Å². The van der Waals surface area contributed by atoms with Gasteiger partial charge in [0.1, 0.15) is 0 Å². The Balaban J connectivity index is 1.53. The lowest BCUT2D eigenvalue weighted by atomic mass is 9.84. The highest BCUT2D eigenvalue weighted by molar-refractivity contribution is 7.15. The molecule has 2 amide bonds. The van der Waals surface area contributed by atoms with Gasteiger partial charge in [0, 0.05) is 10.9 Å². The molecule has 1 heterocycles. The molecule has 2 aliphatic carbocycles. The maximum Gasteiger partial charge on any atom is 0.315 e. The Bertz CT molecular complexity index is 579. The first kappa shape index (κ1) is 15.5. The molecule has 2 bridgehead atoms. The fourth-order valence-corrected chi connectivity index (χ4v) is 4.78. The van der Waals surface area contributed by atoms with Crippen LogP contribution in [0.2, 0.25) is 0 Å². The molecule has 4 unspecified atom stereocenters. The molecule has 0 aliphatic heterocycles. The largest absolute Gasteiger partial charge is 0.345 e. The lowest BCUT2D eigenvalue weighted by molar-refractivity contribution is -0.136. The van der Waals surface area contributed by atoms with Crippen LogP contribution in [0.25, 0.3) is 0 Å². The van der Waals surface area contributed by atoms with Crippen molar-refractivity contribution in [1.29, 1.82) is 0 Å². The highest BCUT2D eigenvalue weighted by Gasteiger charge is 2.42. The number of carbonyl (C=O) groups excluding carboxylic acids is 2. The number of thiazole rings is 1. The summed E-state index contributed by atoms with van der Waals surface area (Å²) in [4.78, 5) is 29.3. The molecule has 22 heavy (non-hydrogen) atoms. The van der Waals surface area contributed by atoms with E-state index in [0.29, 0.717) is 11.0 Å². The fourth-order valence-electron chi connectivity index (χ4n) is 3.97. The van der Waals surface area contributed by atoms with Crippen LogP contribution in [0.4, 0.5) is 5.13 Å².